The number of nitrogens with zero attached hydrogens (tertiary/aromatic N) is 2. The number of imidazole rings is 1. The van der Waals surface area contributed by atoms with Gasteiger partial charge in [-0.1, -0.05) is 30.9 Å². The van der Waals surface area contributed by atoms with Crippen LogP contribution in [0, 0.1) is 0 Å². The van der Waals surface area contributed by atoms with Crippen molar-refractivity contribution in [2.75, 3.05) is 19.5 Å². The zero-order valence-electron chi connectivity index (χ0n) is 15.7. The zero-order valence-corrected chi connectivity index (χ0v) is 16.4. The minimum atomic E-state index is 0.455. The van der Waals surface area contributed by atoms with Gasteiger partial charge in [0, 0.05) is 17.8 Å². The highest BCUT2D eigenvalue weighted by Gasteiger charge is 2.20. The fraction of sp³-hybridized carbons (Fsp3) is 0.381. The number of hydrogen-bond donors (Lipinski definition) is 1. The molecule has 1 fully saturated rings. The van der Waals surface area contributed by atoms with Gasteiger partial charge in [-0.05, 0) is 43.2 Å². The normalized spacial score (nSPS) is 15.1. The Morgan fingerprint density at radius 3 is 2.56 bits per heavy atom. The Kier molecular flexibility index (Phi) is 5.12. The van der Waals surface area contributed by atoms with E-state index in [9.17, 15) is 0 Å². The van der Waals surface area contributed by atoms with Crippen LogP contribution in [0.25, 0.3) is 16.9 Å². The van der Waals surface area contributed by atoms with Crippen LogP contribution in [0.5, 0.6) is 11.5 Å². The first-order valence-corrected chi connectivity index (χ1v) is 9.74. The number of fused-ring (bicyclic) bond motifs is 1. The van der Waals surface area contributed by atoms with E-state index in [4.69, 9.17) is 26.1 Å². The number of benzene rings is 1. The third-order valence-electron chi connectivity index (χ3n) is 5.19. The van der Waals surface area contributed by atoms with Gasteiger partial charge in [0.05, 0.1) is 19.2 Å². The van der Waals surface area contributed by atoms with Crippen LogP contribution in [0.4, 0.5) is 5.82 Å². The van der Waals surface area contributed by atoms with Gasteiger partial charge in [0.1, 0.15) is 17.2 Å². The number of nitrogens with one attached hydrogen (secondary N) is 1. The summed E-state index contributed by atoms with van der Waals surface area (Å²) < 4.78 is 12.9. The van der Waals surface area contributed by atoms with Gasteiger partial charge in [-0.25, -0.2) is 4.98 Å². The van der Waals surface area contributed by atoms with E-state index in [1.807, 2.05) is 40.9 Å². The zero-order chi connectivity index (χ0) is 18.8. The maximum absolute atomic E-state index is 6.26. The number of hydrogen-bond acceptors (Lipinski definition) is 4. The Balaban J connectivity index is 1.82. The molecule has 3 aromatic rings. The van der Waals surface area contributed by atoms with Gasteiger partial charge < -0.3 is 14.8 Å². The Morgan fingerprint density at radius 1 is 1.04 bits per heavy atom. The fourth-order valence-electron chi connectivity index (χ4n) is 3.78. The van der Waals surface area contributed by atoms with Gasteiger partial charge in [0.15, 0.2) is 11.5 Å². The fourth-order valence-corrected chi connectivity index (χ4v) is 3.94. The first-order chi connectivity index (χ1) is 13.2. The number of anilines is 1. The summed E-state index contributed by atoms with van der Waals surface area (Å²) in [5.74, 6) is 2.37. The molecule has 0 spiro atoms. The van der Waals surface area contributed by atoms with Crippen molar-refractivity contribution in [3.63, 3.8) is 0 Å². The standard InChI is InChI=1S/C21H24ClN3O2/c1-26-17-10-8-14(12-18(17)27-2)20-21(23-16-6-4-3-5-7-16)25-13-15(22)9-11-19(25)24-20/h8-13,16,23H,3-7H2,1-2H3. The molecule has 5 nitrogen and oxygen atoms in total. The number of rotatable bonds is 5. The molecule has 142 valence electrons. The highest BCUT2D eigenvalue weighted by molar-refractivity contribution is 6.30. The van der Waals surface area contributed by atoms with E-state index in [0.717, 1.165) is 22.7 Å². The van der Waals surface area contributed by atoms with E-state index >= 15 is 0 Å². The second kappa shape index (κ2) is 7.69. The number of ether oxygens (including phenoxy) is 2. The molecule has 0 aliphatic heterocycles. The van der Waals surface area contributed by atoms with Crippen LogP contribution in [-0.4, -0.2) is 29.6 Å². The lowest BCUT2D eigenvalue weighted by atomic mass is 9.95. The monoisotopic (exact) mass is 385 g/mol. The smallest absolute Gasteiger partial charge is 0.161 e. The molecule has 0 amide bonds. The summed E-state index contributed by atoms with van der Waals surface area (Å²) in [4.78, 5) is 4.87. The van der Waals surface area contributed by atoms with Crippen LogP contribution >= 0.6 is 11.6 Å². The van der Waals surface area contributed by atoms with Gasteiger partial charge >= 0.3 is 0 Å². The van der Waals surface area contributed by atoms with Crippen molar-refractivity contribution >= 4 is 23.1 Å². The van der Waals surface area contributed by atoms with Crippen molar-refractivity contribution in [2.45, 2.75) is 38.1 Å². The molecular weight excluding hydrogens is 362 g/mol. The summed E-state index contributed by atoms with van der Waals surface area (Å²) in [5, 5.41) is 4.42. The van der Waals surface area contributed by atoms with Crippen LogP contribution in [0.15, 0.2) is 36.5 Å². The number of aromatic nitrogens is 2. The van der Waals surface area contributed by atoms with Crippen LogP contribution in [0.2, 0.25) is 5.02 Å². The van der Waals surface area contributed by atoms with Gasteiger partial charge in [0.2, 0.25) is 0 Å². The summed E-state index contributed by atoms with van der Waals surface area (Å²) in [6, 6.07) is 10.2. The molecule has 1 saturated carbocycles. The Bertz CT molecular complexity index is 948. The third kappa shape index (κ3) is 3.56. The van der Waals surface area contributed by atoms with Crippen molar-refractivity contribution in [2.24, 2.45) is 0 Å². The molecule has 0 atom stereocenters. The third-order valence-corrected chi connectivity index (χ3v) is 5.41. The number of halogens is 1. The predicted octanol–water partition coefficient (Wildman–Crippen LogP) is 5.42. The highest BCUT2D eigenvalue weighted by Crippen LogP contribution is 2.36. The largest absolute Gasteiger partial charge is 0.493 e. The Hall–Kier alpha value is -2.40. The van der Waals surface area contributed by atoms with E-state index in [1.165, 1.54) is 32.1 Å². The average Bonchev–Trinajstić information content (AvgIpc) is 3.06. The van der Waals surface area contributed by atoms with E-state index in [1.54, 1.807) is 14.2 Å². The summed E-state index contributed by atoms with van der Waals surface area (Å²) >= 11 is 6.26. The molecule has 0 radical (unpaired) electrons. The van der Waals surface area contributed by atoms with Crippen LogP contribution in [0.3, 0.4) is 0 Å². The van der Waals surface area contributed by atoms with E-state index < -0.39 is 0 Å². The summed E-state index contributed by atoms with van der Waals surface area (Å²) in [6.07, 6.45) is 8.12. The molecule has 1 N–H and O–H groups in total. The minimum absolute atomic E-state index is 0.455. The summed E-state index contributed by atoms with van der Waals surface area (Å²) in [7, 11) is 3.28. The van der Waals surface area contributed by atoms with Gasteiger partial charge in [0.25, 0.3) is 0 Å². The Labute approximate surface area is 164 Å². The molecule has 1 aliphatic rings. The van der Waals surface area contributed by atoms with Crippen molar-refractivity contribution < 1.29 is 9.47 Å². The van der Waals surface area contributed by atoms with E-state index in [-0.39, 0.29) is 0 Å². The average molecular weight is 386 g/mol. The predicted molar refractivity (Wildman–Crippen MR) is 109 cm³/mol. The molecule has 0 saturated heterocycles. The summed E-state index contributed by atoms with van der Waals surface area (Å²) in [5.41, 5.74) is 2.73. The minimum Gasteiger partial charge on any atom is -0.493 e. The molecule has 0 bridgehead atoms. The molecule has 0 unspecified atom stereocenters. The van der Waals surface area contributed by atoms with Crippen molar-refractivity contribution in [3.05, 3.63) is 41.6 Å². The molecule has 6 heteroatoms. The highest BCUT2D eigenvalue weighted by atomic mass is 35.5. The first kappa shape index (κ1) is 18.0. The SMILES string of the molecule is COc1ccc(-c2nc3ccc(Cl)cn3c2NC2CCCCC2)cc1OC. The Morgan fingerprint density at radius 2 is 1.81 bits per heavy atom. The molecular formula is C21H24ClN3O2. The van der Waals surface area contributed by atoms with E-state index in [0.29, 0.717) is 22.6 Å². The van der Waals surface area contributed by atoms with Crippen LogP contribution in [0.1, 0.15) is 32.1 Å². The van der Waals surface area contributed by atoms with Crippen molar-refractivity contribution in [1.29, 1.82) is 0 Å². The maximum Gasteiger partial charge on any atom is 0.161 e. The molecule has 1 aliphatic carbocycles. The van der Waals surface area contributed by atoms with Crippen molar-refractivity contribution in [1.82, 2.24) is 9.38 Å². The maximum atomic E-state index is 6.26. The summed E-state index contributed by atoms with van der Waals surface area (Å²) in [6.45, 7) is 0. The van der Waals surface area contributed by atoms with E-state index in [2.05, 4.69) is 5.32 Å². The molecule has 1 aromatic carbocycles. The second-order valence-electron chi connectivity index (χ2n) is 6.93. The van der Waals surface area contributed by atoms with Gasteiger partial charge in [-0.2, -0.15) is 0 Å². The topological polar surface area (TPSA) is 47.8 Å². The second-order valence-corrected chi connectivity index (χ2v) is 7.37. The van der Waals surface area contributed by atoms with Crippen molar-refractivity contribution in [3.8, 4) is 22.8 Å². The van der Waals surface area contributed by atoms with Gasteiger partial charge in [-0.3, -0.25) is 4.40 Å². The first-order valence-electron chi connectivity index (χ1n) is 9.36. The van der Waals surface area contributed by atoms with Crippen LogP contribution < -0.4 is 14.8 Å². The quantitative estimate of drug-likeness (QED) is 0.637. The molecule has 2 heterocycles. The number of methoxy groups -OCH3 is 2. The van der Waals surface area contributed by atoms with Gasteiger partial charge in [-0.15, -0.1) is 0 Å². The lowest BCUT2D eigenvalue weighted by Gasteiger charge is -2.24. The lowest BCUT2D eigenvalue weighted by Crippen LogP contribution is -2.23. The molecule has 27 heavy (non-hydrogen) atoms. The molecule has 4 rings (SSSR count). The van der Waals surface area contributed by atoms with Crippen LogP contribution in [-0.2, 0) is 0 Å². The number of pyridine rings is 1. The lowest BCUT2D eigenvalue weighted by molar-refractivity contribution is 0.355. The molecule has 2 aromatic heterocycles.